The minimum Gasteiger partial charge on any atom is -0.381 e. The lowest BCUT2D eigenvalue weighted by molar-refractivity contribution is 0.0484. The number of ether oxygens (including phenoxy) is 1. The Balaban J connectivity index is 1.76. The Morgan fingerprint density at radius 2 is 2.12 bits per heavy atom. The van der Waals surface area contributed by atoms with E-state index in [-0.39, 0.29) is 12.0 Å². The van der Waals surface area contributed by atoms with Gasteiger partial charge in [-0.1, -0.05) is 19.0 Å². The summed E-state index contributed by atoms with van der Waals surface area (Å²) < 4.78 is 13.1. The highest BCUT2D eigenvalue weighted by molar-refractivity contribution is 5.03. The van der Waals surface area contributed by atoms with Gasteiger partial charge in [0.2, 0.25) is 5.89 Å². The first kappa shape index (κ1) is 17.1. The van der Waals surface area contributed by atoms with Crippen LogP contribution < -0.4 is 5.32 Å². The Hall–Kier alpha value is -1.73. The lowest BCUT2D eigenvalue weighted by atomic mass is 9.91. The summed E-state index contributed by atoms with van der Waals surface area (Å²) in [5.41, 5.74) is 1.16. The minimum absolute atomic E-state index is 0.0501. The van der Waals surface area contributed by atoms with Gasteiger partial charge in [-0.05, 0) is 31.7 Å². The third kappa shape index (κ3) is 3.84. The maximum atomic E-state index is 5.58. The van der Waals surface area contributed by atoms with E-state index in [0.29, 0.717) is 11.8 Å². The van der Waals surface area contributed by atoms with Crippen molar-refractivity contribution >= 4 is 0 Å². The van der Waals surface area contributed by atoms with Crippen LogP contribution in [0.2, 0.25) is 0 Å². The predicted octanol–water partition coefficient (Wildman–Crippen LogP) is 2.67. The van der Waals surface area contributed by atoms with Crippen LogP contribution in [0, 0.1) is 5.92 Å². The minimum atomic E-state index is 0.0501. The molecule has 0 amide bonds. The van der Waals surface area contributed by atoms with Crippen molar-refractivity contribution in [3.63, 3.8) is 0 Å². The van der Waals surface area contributed by atoms with Crippen molar-refractivity contribution in [2.75, 3.05) is 13.2 Å². The third-order valence-corrected chi connectivity index (χ3v) is 4.58. The molecule has 1 aliphatic heterocycles. The lowest BCUT2D eigenvalue weighted by Gasteiger charge is -2.28. The fourth-order valence-electron chi connectivity index (χ4n) is 3.12. The van der Waals surface area contributed by atoms with E-state index in [4.69, 9.17) is 9.26 Å². The SMILES string of the molecule is CCn1nccc1CN[C@@H](c1nc(C(C)C)no1)C1CCOCC1. The summed E-state index contributed by atoms with van der Waals surface area (Å²) in [7, 11) is 0. The fourth-order valence-corrected chi connectivity index (χ4v) is 3.12. The second kappa shape index (κ2) is 7.90. The zero-order valence-corrected chi connectivity index (χ0v) is 14.7. The maximum Gasteiger partial charge on any atom is 0.244 e. The van der Waals surface area contributed by atoms with Gasteiger partial charge in [0.05, 0.1) is 11.7 Å². The molecule has 0 unspecified atom stereocenters. The van der Waals surface area contributed by atoms with Gasteiger partial charge in [-0.25, -0.2) is 0 Å². The summed E-state index contributed by atoms with van der Waals surface area (Å²) in [5.74, 6) is 2.16. The van der Waals surface area contributed by atoms with E-state index in [1.54, 1.807) is 0 Å². The van der Waals surface area contributed by atoms with Gasteiger partial charge in [-0.3, -0.25) is 10.00 Å². The van der Waals surface area contributed by atoms with Crippen molar-refractivity contribution in [1.82, 2.24) is 25.2 Å². The van der Waals surface area contributed by atoms with Crippen molar-refractivity contribution in [1.29, 1.82) is 0 Å². The van der Waals surface area contributed by atoms with Crippen LogP contribution in [0.1, 0.15) is 63.0 Å². The van der Waals surface area contributed by atoms with Crippen LogP contribution in [-0.2, 0) is 17.8 Å². The van der Waals surface area contributed by atoms with Gasteiger partial charge >= 0.3 is 0 Å². The first-order valence-corrected chi connectivity index (χ1v) is 8.84. The summed E-state index contributed by atoms with van der Waals surface area (Å²) in [6.07, 6.45) is 3.85. The molecule has 7 nitrogen and oxygen atoms in total. The van der Waals surface area contributed by atoms with Crippen LogP contribution in [0.25, 0.3) is 0 Å². The van der Waals surface area contributed by atoms with Crippen molar-refractivity contribution in [2.24, 2.45) is 5.92 Å². The smallest absolute Gasteiger partial charge is 0.244 e. The second-order valence-electron chi connectivity index (χ2n) is 6.59. The van der Waals surface area contributed by atoms with E-state index < -0.39 is 0 Å². The van der Waals surface area contributed by atoms with Crippen LogP contribution in [0.3, 0.4) is 0 Å². The third-order valence-electron chi connectivity index (χ3n) is 4.58. The summed E-state index contributed by atoms with van der Waals surface area (Å²) >= 11 is 0. The summed E-state index contributed by atoms with van der Waals surface area (Å²) in [4.78, 5) is 4.62. The van der Waals surface area contributed by atoms with Gasteiger partial charge in [-0.15, -0.1) is 0 Å². The molecule has 1 N–H and O–H groups in total. The molecule has 2 aromatic heterocycles. The normalized spacial score (nSPS) is 17.5. The Labute approximate surface area is 142 Å². The number of hydrogen-bond donors (Lipinski definition) is 1. The number of rotatable bonds is 7. The molecule has 7 heteroatoms. The van der Waals surface area contributed by atoms with Crippen LogP contribution >= 0.6 is 0 Å². The number of nitrogens with one attached hydrogen (secondary N) is 1. The number of hydrogen-bond acceptors (Lipinski definition) is 6. The molecule has 132 valence electrons. The molecule has 1 atom stereocenters. The van der Waals surface area contributed by atoms with E-state index in [1.807, 2.05) is 16.9 Å². The van der Waals surface area contributed by atoms with Crippen molar-refractivity contribution in [3.8, 4) is 0 Å². The largest absolute Gasteiger partial charge is 0.381 e. The molecule has 3 rings (SSSR count). The van der Waals surface area contributed by atoms with Crippen molar-refractivity contribution < 1.29 is 9.26 Å². The number of aromatic nitrogens is 4. The molecule has 0 spiro atoms. The molecule has 0 saturated carbocycles. The van der Waals surface area contributed by atoms with Crippen molar-refractivity contribution in [2.45, 2.75) is 58.7 Å². The second-order valence-corrected chi connectivity index (χ2v) is 6.59. The molecule has 0 aromatic carbocycles. The summed E-state index contributed by atoms with van der Waals surface area (Å²) in [6.45, 7) is 9.43. The van der Waals surface area contributed by atoms with Crippen LogP contribution in [0.5, 0.6) is 0 Å². The highest BCUT2D eigenvalue weighted by atomic mass is 16.5. The van der Waals surface area contributed by atoms with E-state index >= 15 is 0 Å². The van der Waals surface area contributed by atoms with Crippen LogP contribution in [0.4, 0.5) is 0 Å². The van der Waals surface area contributed by atoms with E-state index in [0.717, 1.165) is 50.7 Å². The number of aryl methyl sites for hydroxylation is 1. The molecule has 1 saturated heterocycles. The van der Waals surface area contributed by atoms with Gasteiger partial charge in [0, 0.05) is 38.4 Å². The molecule has 0 aliphatic carbocycles. The van der Waals surface area contributed by atoms with Gasteiger partial charge in [0.1, 0.15) is 0 Å². The Bertz CT molecular complexity index is 630. The molecule has 1 fully saturated rings. The topological polar surface area (TPSA) is 78.0 Å². The fraction of sp³-hybridized carbons (Fsp3) is 0.706. The Morgan fingerprint density at radius 3 is 2.79 bits per heavy atom. The summed E-state index contributed by atoms with van der Waals surface area (Å²) in [5, 5.41) is 12.1. The monoisotopic (exact) mass is 333 g/mol. The first-order valence-electron chi connectivity index (χ1n) is 8.84. The molecule has 2 aromatic rings. The average Bonchev–Trinajstić information content (AvgIpc) is 3.25. The van der Waals surface area contributed by atoms with Gasteiger partial charge in [0.15, 0.2) is 5.82 Å². The summed E-state index contributed by atoms with van der Waals surface area (Å²) in [6, 6.07) is 2.10. The zero-order valence-electron chi connectivity index (χ0n) is 14.7. The molecule has 0 bridgehead atoms. The van der Waals surface area contributed by atoms with Gasteiger partial charge in [-0.2, -0.15) is 10.1 Å². The highest BCUT2D eigenvalue weighted by Gasteiger charge is 2.30. The highest BCUT2D eigenvalue weighted by Crippen LogP contribution is 2.30. The van der Waals surface area contributed by atoms with E-state index in [1.165, 1.54) is 0 Å². The molecule has 3 heterocycles. The van der Waals surface area contributed by atoms with E-state index in [9.17, 15) is 0 Å². The Kier molecular flexibility index (Phi) is 5.63. The standard InChI is InChI=1S/C17H27N5O2/c1-4-22-14(5-8-19-22)11-18-15(13-6-9-23-10-7-13)17-20-16(12(2)3)21-24-17/h5,8,12-13,15,18H,4,6-7,9-11H2,1-3H3/t15-/m1/s1. The van der Waals surface area contributed by atoms with Crippen LogP contribution in [-0.4, -0.2) is 33.1 Å². The lowest BCUT2D eigenvalue weighted by Crippen LogP contribution is -2.32. The number of nitrogens with zero attached hydrogens (tertiary/aromatic N) is 4. The predicted molar refractivity (Wildman–Crippen MR) is 89.4 cm³/mol. The molecular formula is C17H27N5O2. The van der Waals surface area contributed by atoms with E-state index in [2.05, 4.69) is 41.3 Å². The molecule has 1 aliphatic rings. The van der Waals surface area contributed by atoms with Crippen LogP contribution in [0.15, 0.2) is 16.8 Å². The van der Waals surface area contributed by atoms with Gasteiger partial charge in [0.25, 0.3) is 0 Å². The average molecular weight is 333 g/mol. The zero-order chi connectivity index (χ0) is 16.9. The quantitative estimate of drug-likeness (QED) is 0.839. The van der Waals surface area contributed by atoms with Gasteiger partial charge < -0.3 is 9.26 Å². The Morgan fingerprint density at radius 1 is 1.33 bits per heavy atom. The van der Waals surface area contributed by atoms with Crippen molar-refractivity contribution in [3.05, 3.63) is 29.7 Å². The molecular weight excluding hydrogens is 306 g/mol. The molecule has 0 radical (unpaired) electrons. The molecule has 24 heavy (non-hydrogen) atoms. The maximum absolute atomic E-state index is 5.58. The first-order chi connectivity index (χ1) is 11.7.